The molecule has 0 N–H and O–H groups in total. The highest BCUT2D eigenvalue weighted by atomic mass is 32.2. The van der Waals surface area contributed by atoms with Crippen LogP contribution in [0.2, 0.25) is 0 Å². The Kier molecular flexibility index (Phi) is 7.16. The number of benzene rings is 2. The molecule has 2 aromatic heterocycles. The van der Waals surface area contributed by atoms with Crippen molar-refractivity contribution in [3.63, 3.8) is 0 Å². The number of hydrogen-bond donors (Lipinski definition) is 0. The molecule has 2 aromatic carbocycles. The van der Waals surface area contributed by atoms with E-state index in [0.29, 0.717) is 5.75 Å². The van der Waals surface area contributed by atoms with Gasteiger partial charge in [0.2, 0.25) is 0 Å². The van der Waals surface area contributed by atoms with Gasteiger partial charge in [0.25, 0.3) is 0 Å². The number of thioether (sulfide) groups is 1. The molecule has 5 rings (SSSR count). The molecule has 0 atom stereocenters. The summed E-state index contributed by atoms with van der Waals surface area (Å²) in [5.41, 5.74) is 5.15. The molecule has 1 saturated heterocycles. The summed E-state index contributed by atoms with van der Waals surface area (Å²) in [5.74, 6) is 1.37. The van der Waals surface area contributed by atoms with Crippen LogP contribution >= 0.6 is 11.8 Å². The van der Waals surface area contributed by atoms with Gasteiger partial charge in [-0.05, 0) is 63.5 Å². The van der Waals surface area contributed by atoms with E-state index >= 15 is 0 Å². The minimum atomic E-state index is 0.117. The van der Waals surface area contributed by atoms with Crippen molar-refractivity contribution >= 4 is 17.5 Å². The van der Waals surface area contributed by atoms with Crippen molar-refractivity contribution in [1.82, 2.24) is 24.2 Å². The van der Waals surface area contributed by atoms with Crippen molar-refractivity contribution in [3.05, 3.63) is 95.1 Å². The Morgan fingerprint density at radius 3 is 2.31 bits per heavy atom. The summed E-state index contributed by atoms with van der Waals surface area (Å²) in [4.78, 5) is 15.7. The number of likely N-dealkylation sites (tertiary alicyclic amines) is 1. The van der Waals surface area contributed by atoms with Crippen LogP contribution in [0.4, 0.5) is 0 Å². The lowest BCUT2D eigenvalue weighted by atomic mass is 10.2. The van der Waals surface area contributed by atoms with Crippen LogP contribution in [0.15, 0.2) is 71.9 Å². The van der Waals surface area contributed by atoms with Crippen molar-refractivity contribution in [3.8, 4) is 5.69 Å². The van der Waals surface area contributed by atoms with Gasteiger partial charge in [-0.1, -0.05) is 60.3 Å². The largest absolute Gasteiger partial charge is 0.344 e. The molecular weight excluding hydrogens is 454 g/mol. The van der Waals surface area contributed by atoms with Crippen LogP contribution in [0.25, 0.3) is 5.69 Å². The van der Waals surface area contributed by atoms with Crippen molar-refractivity contribution in [1.29, 1.82) is 0 Å². The third kappa shape index (κ3) is 5.26. The molecule has 0 bridgehead atoms. The molecule has 0 aliphatic carbocycles. The highest BCUT2D eigenvalue weighted by molar-refractivity contribution is 7.99. The second-order valence-electron chi connectivity index (χ2n) is 9.12. The maximum absolute atomic E-state index is 13.3. The van der Waals surface area contributed by atoms with Crippen LogP contribution in [0.1, 0.15) is 46.0 Å². The Labute approximate surface area is 211 Å². The molecule has 0 amide bonds. The number of aromatic nitrogens is 4. The Hall–Kier alpha value is -3.16. The molecule has 35 heavy (non-hydrogen) atoms. The maximum atomic E-state index is 13.3. The van der Waals surface area contributed by atoms with Crippen LogP contribution in [0.3, 0.4) is 0 Å². The van der Waals surface area contributed by atoms with Crippen LogP contribution in [0, 0.1) is 13.8 Å². The number of carbonyl (C=O) groups is 1. The fourth-order valence-electron chi connectivity index (χ4n) is 4.77. The zero-order valence-corrected chi connectivity index (χ0v) is 21.2. The molecule has 7 heteroatoms. The highest BCUT2D eigenvalue weighted by Crippen LogP contribution is 2.26. The summed E-state index contributed by atoms with van der Waals surface area (Å²) >= 11 is 1.46. The van der Waals surface area contributed by atoms with Gasteiger partial charge < -0.3 is 4.57 Å². The molecule has 1 aliphatic rings. The lowest BCUT2D eigenvalue weighted by Gasteiger charge is -2.15. The van der Waals surface area contributed by atoms with Gasteiger partial charge in [0, 0.05) is 29.2 Å². The standard InChI is InChI=1S/C28H31N5OS/c1-21-17-25(22(2)32(21)18-23-11-5-3-6-12-23)26(34)20-35-28-30-29-27(19-31-15-9-10-16-31)33(28)24-13-7-4-8-14-24/h3-8,11-14,17H,9-10,15-16,18-20H2,1-2H3. The second kappa shape index (κ2) is 10.6. The van der Waals surface area contributed by atoms with Gasteiger partial charge in [0.15, 0.2) is 16.8 Å². The first-order valence-electron chi connectivity index (χ1n) is 12.2. The number of ketones is 1. The quantitative estimate of drug-likeness (QED) is 0.238. The van der Waals surface area contributed by atoms with Crippen LogP contribution < -0.4 is 0 Å². The second-order valence-corrected chi connectivity index (χ2v) is 10.1. The maximum Gasteiger partial charge on any atom is 0.196 e. The molecule has 3 heterocycles. The first-order chi connectivity index (χ1) is 17.1. The molecule has 0 spiro atoms. The minimum absolute atomic E-state index is 0.117. The number of Topliss-reactive ketones (excluding diaryl/α,β-unsaturated/α-hetero) is 1. The molecule has 1 aliphatic heterocycles. The van der Waals surface area contributed by atoms with E-state index in [4.69, 9.17) is 0 Å². The van der Waals surface area contributed by atoms with Crippen molar-refractivity contribution in [2.24, 2.45) is 0 Å². The number of nitrogens with zero attached hydrogens (tertiary/aromatic N) is 5. The average molecular weight is 486 g/mol. The summed E-state index contributed by atoms with van der Waals surface area (Å²) in [7, 11) is 0. The Balaban J connectivity index is 1.34. The van der Waals surface area contributed by atoms with E-state index in [2.05, 4.69) is 55.4 Å². The van der Waals surface area contributed by atoms with E-state index in [1.165, 1.54) is 30.2 Å². The van der Waals surface area contributed by atoms with Gasteiger partial charge >= 0.3 is 0 Å². The molecule has 0 radical (unpaired) electrons. The zero-order chi connectivity index (χ0) is 24.2. The van der Waals surface area contributed by atoms with Crippen molar-refractivity contribution < 1.29 is 4.79 Å². The summed E-state index contributed by atoms with van der Waals surface area (Å²) in [5, 5.41) is 9.78. The Bertz CT molecular complexity index is 1290. The topological polar surface area (TPSA) is 56.0 Å². The summed E-state index contributed by atoms with van der Waals surface area (Å²) in [6.45, 7) is 7.84. The molecule has 4 aromatic rings. The Morgan fingerprint density at radius 1 is 0.914 bits per heavy atom. The highest BCUT2D eigenvalue weighted by Gasteiger charge is 2.21. The third-order valence-electron chi connectivity index (χ3n) is 6.67. The smallest absolute Gasteiger partial charge is 0.196 e. The van der Waals surface area contributed by atoms with Gasteiger partial charge in [0.1, 0.15) is 0 Å². The van der Waals surface area contributed by atoms with Crippen LogP contribution in [-0.2, 0) is 13.1 Å². The third-order valence-corrected chi connectivity index (χ3v) is 7.60. The minimum Gasteiger partial charge on any atom is -0.344 e. The van der Waals surface area contributed by atoms with E-state index in [-0.39, 0.29) is 5.78 Å². The van der Waals surface area contributed by atoms with E-state index in [1.807, 2.05) is 49.4 Å². The molecule has 0 unspecified atom stereocenters. The monoisotopic (exact) mass is 485 g/mol. The fraction of sp³-hybridized carbons (Fsp3) is 0.321. The SMILES string of the molecule is Cc1cc(C(=O)CSc2nnc(CN3CCCC3)n2-c2ccccc2)c(C)n1Cc1ccccc1. The van der Waals surface area contributed by atoms with Gasteiger partial charge in [-0.15, -0.1) is 10.2 Å². The summed E-state index contributed by atoms with van der Waals surface area (Å²) in [6, 6.07) is 22.6. The van der Waals surface area contributed by atoms with Crippen LogP contribution in [0.5, 0.6) is 0 Å². The number of carbonyl (C=O) groups excluding carboxylic acids is 1. The van der Waals surface area contributed by atoms with Crippen molar-refractivity contribution in [2.75, 3.05) is 18.8 Å². The van der Waals surface area contributed by atoms with Crippen LogP contribution in [-0.4, -0.2) is 48.9 Å². The predicted molar refractivity (Wildman–Crippen MR) is 140 cm³/mol. The first kappa shape index (κ1) is 23.6. The average Bonchev–Trinajstić information content (AvgIpc) is 3.61. The van der Waals surface area contributed by atoms with E-state index in [9.17, 15) is 4.79 Å². The fourth-order valence-corrected chi connectivity index (χ4v) is 5.63. The van der Waals surface area contributed by atoms with E-state index in [1.54, 1.807) is 0 Å². The zero-order valence-electron chi connectivity index (χ0n) is 20.4. The van der Waals surface area contributed by atoms with E-state index in [0.717, 1.165) is 59.8 Å². The lowest BCUT2D eigenvalue weighted by Crippen LogP contribution is -2.21. The predicted octanol–water partition coefficient (Wildman–Crippen LogP) is 5.30. The number of hydrogen-bond acceptors (Lipinski definition) is 5. The van der Waals surface area contributed by atoms with Gasteiger partial charge in [-0.3, -0.25) is 14.3 Å². The lowest BCUT2D eigenvalue weighted by molar-refractivity contribution is 0.102. The molecule has 180 valence electrons. The molecule has 6 nitrogen and oxygen atoms in total. The normalized spacial score (nSPS) is 14.0. The molecule has 0 saturated carbocycles. The summed E-state index contributed by atoms with van der Waals surface area (Å²) in [6.07, 6.45) is 2.47. The first-order valence-corrected chi connectivity index (χ1v) is 13.2. The van der Waals surface area contributed by atoms with Crippen molar-refractivity contribution in [2.45, 2.75) is 44.9 Å². The number of rotatable bonds is 9. The Morgan fingerprint density at radius 2 is 1.60 bits per heavy atom. The molecule has 1 fully saturated rings. The molecular formula is C28H31N5OS. The number of aryl methyl sites for hydroxylation is 1. The van der Waals surface area contributed by atoms with Gasteiger partial charge in [-0.25, -0.2) is 0 Å². The number of para-hydroxylation sites is 1. The van der Waals surface area contributed by atoms with E-state index < -0.39 is 0 Å². The summed E-state index contributed by atoms with van der Waals surface area (Å²) < 4.78 is 4.32. The van der Waals surface area contributed by atoms with Gasteiger partial charge in [0.05, 0.1) is 12.3 Å². The van der Waals surface area contributed by atoms with Gasteiger partial charge in [-0.2, -0.15) is 0 Å².